The summed E-state index contributed by atoms with van der Waals surface area (Å²) in [5, 5.41) is 0. The number of halogens is 1. The Labute approximate surface area is 92.9 Å². The summed E-state index contributed by atoms with van der Waals surface area (Å²) in [5.74, 6) is -0.842. The van der Waals surface area contributed by atoms with Crippen LogP contribution >= 0.6 is 7.60 Å². The largest absolute Gasteiger partial charge is 0.337 e. The number of hydrogen-bond acceptors (Lipinski definition) is 4. The molecule has 0 bridgehead atoms. The first kappa shape index (κ1) is 13.0. The molecule has 88 valence electrons. The van der Waals surface area contributed by atoms with E-state index in [4.69, 9.17) is 0 Å². The van der Waals surface area contributed by atoms with Crippen molar-refractivity contribution in [1.29, 1.82) is 0 Å². The third kappa shape index (κ3) is 3.23. The lowest BCUT2D eigenvalue weighted by Gasteiger charge is -2.12. The van der Waals surface area contributed by atoms with Crippen molar-refractivity contribution in [3.63, 3.8) is 0 Å². The van der Waals surface area contributed by atoms with E-state index >= 15 is 0 Å². The molecule has 0 heterocycles. The number of rotatable bonds is 5. The first-order valence-corrected chi connectivity index (χ1v) is 6.23. The van der Waals surface area contributed by atoms with E-state index in [9.17, 15) is 13.8 Å². The molecular weight excluding hydrogens is 234 g/mol. The molecule has 0 radical (unpaired) electrons. The Morgan fingerprint density at radius 2 is 1.75 bits per heavy atom. The van der Waals surface area contributed by atoms with Crippen LogP contribution in [0.25, 0.3) is 0 Å². The molecule has 4 nitrogen and oxygen atoms in total. The van der Waals surface area contributed by atoms with E-state index in [1.807, 2.05) is 0 Å². The van der Waals surface area contributed by atoms with E-state index in [-0.39, 0.29) is 11.7 Å². The van der Waals surface area contributed by atoms with Gasteiger partial charge in [0.15, 0.2) is 5.78 Å². The highest BCUT2D eigenvalue weighted by Gasteiger charge is 2.26. The van der Waals surface area contributed by atoms with Gasteiger partial charge in [0.05, 0.1) is 0 Å². The van der Waals surface area contributed by atoms with Gasteiger partial charge in [-0.1, -0.05) is 0 Å². The van der Waals surface area contributed by atoms with Gasteiger partial charge in [-0.3, -0.25) is 9.36 Å². The van der Waals surface area contributed by atoms with Crippen molar-refractivity contribution in [2.45, 2.75) is 0 Å². The van der Waals surface area contributed by atoms with Crippen LogP contribution in [0.3, 0.4) is 0 Å². The minimum atomic E-state index is -3.36. The van der Waals surface area contributed by atoms with Crippen LogP contribution in [0.4, 0.5) is 4.39 Å². The van der Waals surface area contributed by atoms with Crippen LogP contribution in [-0.4, -0.2) is 26.2 Å². The van der Waals surface area contributed by atoms with E-state index in [1.54, 1.807) is 0 Å². The molecule has 0 N–H and O–H groups in total. The molecule has 0 spiro atoms. The van der Waals surface area contributed by atoms with Gasteiger partial charge in [0, 0.05) is 19.8 Å². The van der Waals surface area contributed by atoms with Crippen LogP contribution in [0.15, 0.2) is 24.3 Å². The summed E-state index contributed by atoms with van der Waals surface area (Å²) in [7, 11) is -0.937. The first-order chi connectivity index (χ1) is 7.50. The Bertz CT molecular complexity index is 407. The van der Waals surface area contributed by atoms with Crippen molar-refractivity contribution < 1.29 is 22.8 Å². The SMILES string of the molecule is COP(=O)(CC(=O)c1ccc(F)cc1)OC. The van der Waals surface area contributed by atoms with Crippen LogP contribution in [-0.2, 0) is 13.6 Å². The van der Waals surface area contributed by atoms with Crippen molar-refractivity contribution in [1.82, 2.24) is 0 Å². The summed E-state index contributed by atoms with van der Waals surface area (Å²) in [5.41, 5.74) is 0.274. The van der Waals surface area contributed by atoms with Crippen molar-refractivity contribution in [2.75, 3.05) is 20.4 Å². The van der Waals surface area contributed by atoms with E-state index in [0.717, 1.165) is 12.1 Å². The predicted molar refractivity (Wildman–Crippen MR) is 57.2 cm³/mol. The minimum Gasteiger partial charge on any atom is -0.312 e. The Morgan fingerprint density at radius 1 is 1.25 bits per heavy atom. The predicted octanol–water partition coefficient (Wildman–Crippen LogP) is 2.49. The molecule has 1 aromatic rings. The van der Waals surface area contributed by atoms with Gasteiger partial charge >= 0.3 is 7.60 Å². The molecule has 0 amide bonds. The van der Waals surface area contributed by atoms with Crippen molar-refractivity contribution >= 4 is 13.4 Å². The lowest BCUT2D eigenvalue weighted by atomic mass is 10.1. The summed E-state index contributed by atoms with van der Waals surface area (Å²) in [6, 6.07) is 4.98. The van der Waals surface area contributed by atoms with Gasteiger partial charge in [-0.25, -0.2) is 4.39 Å². The average Bonchev–Trinajstić information content (AvgIpc) is 2.29. The molecule has 1 aromatic carbocycles. The normalized spacial score (nSPS) is 11.4. The number of hydrogen-bond donors (Lipinski definition) is 0. The number of Topliss-reactive ketones (excluding diaryl/α,β-unsaturated/α-hetero) is 1. The number of ketones is 1. The zero-order valence-corrected chi connectivity index (χ0v) is 9.87. The Kier molecular flexibility index (Phi) is 4.35. The maximum Gasteiger partial charge on any atom is 0.337 e. The molecule has 0 aromatic heterocycles. The fourth-order valence-electron chi connectivity index (χ4n) is 1.11. The molecule has 0 unspecified atom stereocenters. The second kappa shape index (κ2) is 5.34. The fourth-order valence-corrected chi connectivity index (χ4v) is 2.05. The molecule has 0 saturated carbocycles. The van der Waals surface area contributed by atoms with Gasteiger partial charge in [-0.05, 0) is 24.3 Å². The molecule has 0 saturated heterocycles. The van der Waals surface area contributed by atoms with Crippen molar-refractivity contribution in [3.8, 4) is 0 Å². The van der Waals surface area contributed by atoms with Crippen LogP contribution in [0, 0.1) is 5.82 Å². The lowest BCUT2D eigenvalue weighted by Crippen LogP contribution is -2.08. The number of benzene rings is 1. The third-order valence-corrected chi connectivity index (χ3v) is 3.85. The van der Waals surface area contributed by atoms with Crippen LogP contribution in [0.1, 0.15) is 10.4 Å². The fraction of sp³-hybridized carbons (Fsp3) is 0.300. The minimum absolute atomic E-state index is 0.274. The smallest absolute Gasteiger partial charge is 0.312 e. The van der Waals surface area contributed by atoms with E-state index in [1.165, 1.54) is 26.4 Å². The zero-order chi connectivity index (χ0) is 12.2. The van der Waals surface area contributed by atoms with E-state index < -0.39 is 19.2 Å². The highest BCUT2D eigenvalue weighted by atomic mass is 31.2. The van der Waals surface area contributed by atoms with Gasteiger partial charge in [0.2, 0.25) is 0 Å². The summed E-state index contributed by atoms with van der Waals surface area (Å²) < 4.78 is 33.5. The van der Waals surface area contributed by atoms with Crippen LogP contribution in [0.5, 0.6) is 0 Å². The molecule has 0 aliphatic carbocycles. The van der Waals surface area contributed by atoms with Gasteiger partial charge in [0.25, 0.3) is 0 Å². The zero-order valence-electron chi connectivity index (χ0n) is 8.97. The second-order valence-corrected chi connectivity index (χ2v) is 5.33. The monoisotopic (exact) mass is 246 g/mol. The molecule has 6 heteroatoms. The average molecular weight is 246 g/mol. The van der Waals surface area contributed by atoms with Crippen LogP contribution < -0.4 is 0 Å². The van der Waals surface area contributed by atoms with Crippen molar-refractivity contribution in [3.05, 3.63) is 35.6 Å². The van der Waals surface area contributed by atoms with Gasteiger partial charge in [-0.2, -0.15) is 0 Å². The standard InChI is InChI=1S/C10H12FO4P/c1-14-16(13,15-2)7-10(12)8-3-5-9(11)6-4-8/h3-6H,7H2,1-2H3. The first-order valence-electron chi connectivity index (χ1n) is 4.50. The molecule has 0 fully saturated rings. The molecule has 0 aliphatic heterocycles. The van der Waals surface area contributed by atoms with Gasteiger partial charge < -0.3 is 9.05 Å². The molecular formula is C10H12FO4P. The topological polar surface area (TPSA) is 52.6 Å². The molecule has 0 atom stereocenters. The summed E-state index contributed by atoms with van der Waals surface area (Å²) in [6.45, 7) is 0. The maximum atomic E-state index is 12.6. The molecule has 16 heavy (non-hydrogen) atoms. The number of carbonyl (C=O) groups excluding carboxylic acids is 1. The van der Waals surface area contributed by atoms with E-state index in [0.29, 0.717) is 0 Å². The Hall–Kier alpha value is -1.03. The van der Waals surface area contributed by atoms with E-state index in [2.05, 4.69) is 9.05 Å². The van der Waals surface area contributed by atoms with Gasteiger partial charge in [0.1, 0.15) is 12.0 Å². The Morgan fingerprint density at radius 3 is 2.19 bits per heavy atom. The highest BCUT2D eigenvalue weighted by molar-refractivity contribution is 7.54. The summed E-state index contributed by atoms with van der Waals surface area (Å²) in [4.78, 5) is 11.6. The maximum absolute atomic E-state index is 12.6. The summed E-state index contributed by atoms with van der Waals surface area (Å²) in [6.07, 6.45) is -0.356. The van der Waals surface area contributed by atoms with Gasteiger partial charge in [-0.15, -0.1) is 0 Å². The number of carbonyl (C=O) groups is 1. The lowest BCUT2D eigenvalue weighted by molar-refractivity contribution is 0.101. The molecule has 1 rings (SSSR count). The van der Waals surface area contributed by atoms with Crippen LogP contribution in [0.2, 0.25) is 0 Å². The quantitative estimate of drug-likeness (QED) is 0.591. The Balaban J connectivity index is 2.80. The third-order valence-electron chi connectivity index (χ3n) is 2.06. The van der Waals surface area contributed by atoms with Crippen molar-refractivity contribution in [2.24, 2.45) is 0 Å². The summed E-state index contributed by atoms with van der Waals surface area (Å²) >= 11 is 0. The highest BCUT2D eigenvalue weighted by Crippen LogP contribution is 2.46. The second-order valence-electron chi connectivity index (χ2n) is 3.06. The molecule has 0 aliphatic rings.